The van der Waals surface area contributed by atoms with Crippen molar-refractivity contribution in [3.8, 4) is 5.75 Å². The van der Waals surface area contributed by atoms with E-state index in [2.05, 4.69) is 0 Å². The number of amides is 1. The van der Waals surface area contributed by atoms with Gasteiger partial charge < -0.3 is 9.64 Å². The van der Waals surface area contributed by atoms with E-state index in [1.54, 1.807) is 25.1 Å². The van der Waals surface area contributed by atoms with Crippen molar-refractivity contribution in [1.82, 2.24) is 4.90 Å². The lowest BCUT2D eigenvalue weighted by Gasteiger charge is -2.19. The molecule has 2 aromatic rings. The summed E-state index contributed by atoms with van der Waals surface area (Å²) in [5.41, 5.74) is 0.899. The summed E-state index contributed by atoms with van der Waals surface area (Å²) in [4.78, 5) is 15.0. The summed E-state index contributed by atoms with van der Waals surface area (Å²) in [6.07, 6.45) is 0. The summed E-state index contributed by atoms with van der Waals surface area (Å²) in [5.74, 6) is 1.21. The minimum Gasteiger partial charge on any atom is -0.496 e. The molecule has 0 spiro atoms. The Morgan fingerprint density at radius 2 is 1.95 bits per heavy atom. The maximum absolute atomic E-state index is 12.2. The zero-order valence-electron chi connectivity index (χ0n) is 12.6. The topological polar surface area (TPSA) is 29.5 Å². The molecule has 2 aromatic carbocycles. The van der Waals surface area contributed by atoms with Gasteiger partial charge in [0.1, 0.15) is 5.75 Å². The van der Waals surface area contributed by atoms with Gasteiger partial charge in [-0.25, -0.2) is 0 Å². The average molecular weight is 336 g/mol. The summed E-state index contributed by atoms with van der Waals surface area (Å²) in [6, 6.07) is 15.3. The third kappa shape index (κ3) is 4.68. The molecule has 0 N–H and O–H groups in total. The molecule has 1 amide bonds. The second-order valence-electron chi connectivity index (χ2n) is 4.81. The third-order valence-corrected chi connectivity index (χ3v) is 4.41. The predicted octanol–water partition coefficient (Wildman–Crippen LogP) is 4.10. The molecule has 0 unspecified atom stereocenters. The van der Waals surface area contributed by atoms with Crippen LogP contribution in [-0.4, -0.2) is 30.7 Å². The minimum absolute atomic E-state index is 0.0656. The van der Waals surface area contributed by atoms with E-state index < -0.39 is 0 Å². The molecule has 5 heteroatoms. The molecule has 0 atom stereocenters. The highest BCUT2D eigenvalue weighted by Gasteiger charge is 2.13. The first-order chi connectivity index (χ1) is 10.6. The minimum atomic E-state index is 0.0656. The molecule has 0 saturated carbocycles. The SMILES string of the molecule is COc1ccc(Cl)cc1CN(C)C(=O)CSc1ccccc1. The van der Waals surface area contributed by atoms with Crippen molar-refractivity contribution < 1.29 is 9.53 Å². The average Bonchev–Trinajstić information content (AvgIpc) is 2.53. The first-order valence-electron chi connectivity index (χ1n) is 6.84. The molecule has 2 rings (SSSR count). The van der Waals surface area contributed by atoms with E-state index >= 15 is 0 Å². The van der Waals surface area contributed by atoms with Gasteiger partial charge in [0.25, 0.3) is 0 Å². The Hall–Kier alpha value is -1.65. The van der Waals surface area contributed by atoms with Gasteiger partial charge in [0, 0.05) is 29.1 Å². The Balaban J connectivity index is 1.95. The number of carbonyl (C=O) groups is 1. The Bertz CT molecular complexity index is 634. The Labute approximate surface area is 140 Å². The summed E-state index contributed by atoms with van der Waals surface area (Å²) in [7, 11) is 3.40. The number of ether oxygens (including phenoxy) is 1. The van der Waals surface area contributed by atoms with Crippen molar-refractivity contribution in [2.45, 2.75) is 11.4 Å². The zero-order valence-corrected chi connectivity index (χ0v) is 14.2. The Morgan fingerprint density at radius 1 is 1.23 bits per heavy atom. The van der Waals surface area contributed by atoms with E-state index in [9.17, 15) is 4.79 Å². The molecular formula is C17H18ClNO2S. The van der Waals surface area contributed by atoms with Gasteiger partial charge in [-0.1, -0.05) is 29.8 Å². The lowest BCUT2D eigenvalue weighted by molar-refractivity contribution is -0.127. The van der Waals surface area contributed by atoms with Crippen molar-refractivity contribution in [1.29, 1.82) is 0 Å². The standard InChI is InChI=1S/C17H18ClNO2S/c1-19(11-13-10-14(18)8-9-16(13)21-2)17(20)12-22-15-6-4-3-5-7-15/h3-10H,11-12H2,1-2H3. The molecule has 0 saturated heterocycles. The van der Waals surface area contributed by atoms with Gasteiger partial charge in [-0.15, -0.1) is 11.8 Å². The van der Waals surface area contributed by atoms with Crippen LogP contribution < -0.4 is 4.74 Å². The van der Waals surface area contributed by atoms with Gasteiger partial charge in [-0.3, -0.25) is 4.79 Å². The van der Waals surface area contributed by atoms with Crippen LogP contribution in [-0.2, 0) is 11.3 Å². The highest BCUT2D eigenvalue weighted by atomic mass is 35.5. The first-order valence-corrected chi connectivity index (χ1v) is 8.20. The number of hydrogen-bond donors (Lipinski definition) is 0. The molecule has 0 heterocycles. The van der Waals surface area contributed by atoms with Crippen LogP contribution in [0.2, 0.25) is 5.02 Å². The number of nitrogens with zero attached hydrogens (tertiary/aromatic N) is 1. The maximum Gasteiger partial charge on any atom is 0.232 e. The van der Waals surface area contributed by atoms with Gasteiger partial charge in [0.15, 0.2) is 0 Å². The third-order valence-electron chi connectivity index (χ3n) is 3.18. The van der Waals surface area contributed by atoms with E-state index in [1.165, 1.54) is 11.8 Å². The van der Waals surface area contributed by atoms with Crippen LogP contribution in [0.4, 0.5) is 0 Å². The van der Waals surface area contributed by atoms with E-state index in [-0.39, 0.29) is 5.91 Å². The van der Waals surface area contributed by atoms with Crippen LogP contribution in [0, 0.1) is 0 Å². The smallest absolute Gasteiger partial charge is 0.232 e. The number of benzene rings is 2. The van der Waals surface area contributed by atoms with E-state index in [1.807, 2.05) is 42.5 Å². The molecule has 3 nitrogen and oxygen atoms in total. The van der Waals surface area contributed by atoms with Crippen LogP contribution >= 0.6 is 23.4 Å². The van der Waals surface area contributed by atoms with Crippen molar-refractivity contribution >= 4 is 29.3 Å². The summed E-state index contributed by atoms with van der Waals surface area (Å²) in [6.45, 7) is 0.470. The molecule has 0 fully saturated rings. The zero-order chi connectivity index (χ0) is 15.9. The van der Waals surface area contributed by atoms with Crippen molar-refractivity contribution in [2.75, 3.05) is 19.9 Å². The molecule has 0 aliphatic carbocycles. The summed E-state index contributed by atoms with van der Waals surface area (Å²) in [5, 5.41) is 0.635. The Morgan fingerprint density at radius 3 is 2.64 bits per heavy atom. The molecule has 0 aliphatic rings. The highest BCUT2D eigenvalue weighted by Crippen LogP contribution is 2.24. The molecule has 0 bridgehead atoms. The number of halogens is 1. The largest absolute Gasteiger partial charge is 0.496 e. The van der Waals surface area contributed by atoms with Crippen molar-refractivity contribution in [3.05, 3.63) is 59.1 Å². The number of carbonyl (C=O) groups excluding carboxylic acids is 1. The second kappa shape index (κ2) is 8.11. The number of thioether (sulfide) groups is 1. The monoisotopic (exact) mass is 335 g/mol. The second-order valence-corrected chi connectivity index (χ2v) is 6.29. The van der Waals surface area contributed by atoms with Crippen molar-refractivity contribution in [3.63, 3.8) is 0 Å². The molecule has 0 aliphatic heterocycles. The fourth-order valence-electron chi connectivity index (χ4n) is 1.99. The van der Waals surface area contributed by atoms with E-state index in [0.717, 1.165) is 16.2 Å². The summed E-state index contributed by atoms with van der Waals surface area (Å²) >= 11 is 7.55. The number of rotatable bonds is 6. The van der Waals surface area contributed by atoms with Crippen LogP contribution in [0.5, 0.6) is 5.75 Å². The van der Waals surface area contributed by atoms with E-state index in [0.29, 0.717) is 17.3 Å². The lowest BCUT2D eigenvalue weighted by atomic mass is 10.2. The van der Waals surface area contributed by atoms with Crippen LogP contribution in [0.25, 0.3) is 0 Å². The fraction of sp³-hybridized carbons (Fsp3) is 0.235. The normalized spacial score (nSPS) is 10.3. The number of methoxy groups -OCH3 is 1. The molecule has 22 heavy (non-hydrogen) atoms. The molecule has 0 aromatic heterocycles. The van der Waals surface area contributed by atoms with E-state index in [4.69, 9.17) is 16.3 Å². The van der Waals surface area contributed by atoms with Gasteiger partial charge >= 0.3 is 0 Å². The molecule has 0 radical (unpaired) electrons. The summed E-state index contributed by atoms with van der Waals surface area (Å²) < 4.78 is 5.31. The Kier molecular flexibility index (Phi) is 6.16. The van der Waals surface area contributed by atoms with Gasteiger partial charge in [-0.2, -0.15) is 0 Å². The molecular weight excluding hydrogens is 318 g/mol. The van der Waals surface area contributed by atoms with Gasteiger partial charge in [0.2, 0.25) is 5.91 Å². The van der Waals surface area contributed by atoms with Crippen LogP contribution in [0.15, 0.2) is 53.4 Å². The number of hydrogen-bond acceptors (Lipinski definition) is 3. The fourth-order valence-corrected chi connectivity index (χ4v) is 3.04. The van der Waals surface area contributed by atoms with Crippen LogP contribution in [0.3, 0.4) is 0 Å². The quantitative estimate of drug-likeness (QED) is 0.744. The highest BCUT2D eigenvalue weighted by molar-refractivity contribution is 8.00. The van der Waals surface area contributed by atoms with Crippen molar-refractivity contribution in [2.24, 2.45) is 0 Å². The van der Waals surface area contributed by atoms with Gasteiger partial charge in [0.05, 0.1) is 12.9 Å². The van der Waals surface area contributed by atoms with Crippen LogP contribution in [0.1, 0.15) is 5.56 Å². The maximum atomic E-state index is 12.2. The lowest BCUT2D eigenvalue weighted by Crippen LogP contribution is -2.28. The first kappa shape index (κ1) is 16.7. The van der Waals surface area contributed by atoms with Gasteiger partial charge in [-0.05, 0) is 30.3 Å². The predicted molar refractivity (Wildman–Crippen MR) is 91.6 cm³/mol. The molecule has 116 valence electrons.